The maximum atomic E-state index is 9.26. The molecule has 0 amide bonds. The zero-order valence-corrected chi connectivity index (χ0v) is 15.1. The van der Waals surface area contributed by atoms with E-state index in [-0.39, 0.29) is 5.60 Å². The zero-order chi connectivity index (χ0) is 18.0. The topological polar surface area (TPSA) is 62.0 Å². The molecule has 26 heavy (non-hydrogen) atoms. The Hall–Kier alpha value is -2.29. The van der Waals surface area contributed by atoms with E-state index in [1.807, 2.05) is 37.7 Å². The molecular formula is C21H24N4O. The molecule has 2 aromatic rings. The van der Waals surface area contributed by atoms with Crippen LogP contribution in [0.25, 0.3) is 0 Å². The van der Waals surface area contributed by atoms with Gasteiger partial charge in [0.05, 0.1) is 0 Å². The fourth-order valence-electron chi connectivity index (χ4n) is 5.06. The molecule has 2 aromatic heterocycles. The van der Waals surface area contributed by atoms with Crippen LogP contribution in [0.4, 0.5) is 0 Å². The summed E-state index contributed by atoms with van der Waals surface area (Å²) in [4.78, 5) is 10.9. The van der Waals surface area contributed by atoms with Gasteiger partial charge in [-0.3, -0.25) is 9.88 Å². The van der Waals surface area contributed by atoms with Gasteiger partial charge >= 0.3 is 0 Å². The predicted molar refractivity (Wildman–Crippen MR) is 98.0 cm³/mol. The van der Waals surface area contributed by atoms with Gasteiger partial charge in [-0.2, -0.15) is 5.26 Å². The van der Waals surface area contributed by atoms with Crippen LogP contribution < -0.4 is 0 Å². The highest BCUT2D eigenvalue weighted by molar-refractivity contribution is 5.32. The van der Waals surface area contributed by atoms with Gasteiger partial charge in [0.25, 0.3) is 0 Å². The van der Waals surface area contributed by atoms with Crippen molar-refractivity contribution in [2.45, 2.75) is 31.4 Å². The van der Waals surface area contributed by atoms with Crippen molar-refractivity contribution < 1.29 is 4.74 Å². The van der Waals surface area contributed by atoms with Crippen molar-refractivity contribution in [2.24, 2.45) is 11.8 Å². The summed E-state index contributed by atoms with van der Waals surface area (Å²) in [6.45, 7) is 2.94. The van der Waals surface area contributed by atoms with Crippen LogP contribution in [0, 0.1) is 23.2 Å². The van der Waals surface area contributed by atoms with Crippen molar-refractivity contribution in [3.63, 3.8) is 0 Å². The van der Waals surface area contributed by atoms with Crippen LogP contribution in [0.5, 0.6) is 0 Å². The third-order valence-corrected chi connectivity index (χ3v) is 6.07. The Kier molecular flexibility index (Phi) is 4.71. The van der Waals surface area contributed by atoms with Gasteiger partial charge < -0.3 is 4.74 Å². The van der Waals surface area contributed by atoms with Crippen molar-refractivity contribution in [2.75, 3.05) is 20.2 Å². The molecule has 0 spiro atoms. The van der Waals surface area contributed by atoms with E-state index in [0.29, 0.717) is 17.5 Å². The first-order chi connectivity index (χ1) is 12.8. The quantitative estimate of drug-likeness (QED) is 0.849. The van der Waals surface area contributed by atoms with Gasteiger partial charge in [-0.25, -0.2) is 4.98 Å². The number of nitriles is 1. The minimum atomic E-state index is -0.307. The van der Waals surface area contributed by atoms with Gasteiger partial charge in [0, 0.05) is 57.2 Å². The van der Waals surface area contributed by atoms with Crippen molar-refractivity contribution in [3.05, 3.63) is 59.7 Å². The van der Waals surface area contributed by atoms with E-state index in [9.17, 15) is 5.26 Å². The molecule has 3 heterocycles. The molecule has 1 aliphatic carbocycles. The Balaban J connectivity index is 1.64. The number of pyridine rings is 2. The molecule has 2 aliphatic rings. The number of rotatable bonds is 4. The number of hydrogen-bond acceptors (Lipinski definition) is 5. The van der Waals surface area contributed by atoms with Crippen LogP contribution >= 0.6 is 0 Å². The number of aromatic nitrogens is 2. The number of ether oxygens (including phenoxy) is 1. The molecule has 1 saturated carbocycles. The molecule has 3 atom stereocenters. The Bertz CT molecular complexity index is 787. The van der Waals surface area contributed by atoms with Crippen molar-refractivity contribution in [1.82, 2.24) is 14.9 Å². The number of fused-ring (bicyclic) bond motifs is 2. The fourth-order valence-corrected chi connectivity index (χ4v) is 5.06. The van der Waals surface area contributed by atoms with E-state index in [1.165, 1.54) is 12.0 Å². The second-order valence-corrected chi connectivity index (χ2v) is 7.42. The van der Waals surface area contributed by atoms with Crippen LogP contribution in [0.3, 0.4) is 0 Å². The minimum Gasteiger partial charge on any atom is -0.373 e. The summed E-state index contributed by atoms with van der Waals surface area (Å²) in [6.07, 6.45) is 9.07. The summed E-state index contributed by atoms with van der Waals surface area (Å²) in [5, 5.41) is 9.26. The van der Waals surface area contributed by atoms with Gasteiger partial charge in [0.2, 0.25) is 0 Å². The van der Waals surface area contributed by atoms with Crippen molar-refractivity contribution in [3.8, 4) is 6.07 Å². The Labute approximate surface area is 154 Å². The third kappa shape index (κ3) is 2.90. The Morgan fingerprint density at radius 1 is 1.27 bits per heavy atom. The molecule has 2 fully saturated rings. The number of nitrogens with zero attached hydrogens (tertiary/aromatic N) is 4. The summed E-state index contributed by atoms with van der Waals surface area (Å²) in [7, 11) is 1.83. The molecular weight excluding hydrogens is 324 g/mol. The molecule has 2 bridgehead atoms. The Morgan fingerprint density at radius 3 is 2.73 bits per heavy atom. The lowest BCUT2D eigenvalue weighted by atomic mass is 9.62. The number of piperidine rings is 1. The monoisotopic (exact) mass is 348 g/mol. The number of hydrogen-bond donors (Lipinski definition) is 0. The second kappa shape index (κ2) is 7.14. The number of likely N-dealkylation sites (tertiary alicyclic amines) is 1. The maximum Gasteiger partial charge on any atom is 0.140 e. The standard InChI is InChI=1S/C21H24N4O/c1-26-21(17-7-9-24-20(10-17)11-22)18-5-2-6-19(21)15-25(14-18)13-16-4-3-8-23-12-16/h3-4,7-10,12,18-19H,2,5-6,13-15H2,1H3/t18-,19+,21?. The molecule has 1 unspecified atom stereocenters. The molecule has 5 heteroatoms. The summed E-state index contributed by atoms with van der Waals surface area (Å²) >= 11 is 0. The van der Waals surface area contributed by atoms with E-state index in [2.05, 4.69) is 27.0 Å². The van der Waals surface area contributed by atoms with E-state index in [4.69, 9.17) is 4.74 Å². The average Bonchev–Trinajstić information content (AvgIpc) is 2.68. The van der Waals surface area contributed by atoms with Gasteiger partial charge in [-0.1, -0.05) is 12.5 Å². The van der Waals surface area contributed by atoms with Crippen LogP contribution in [-0.4, -0.2) is 35.1 Å². The second-order valence-electron chi connectivity index (χ2n) is 7.42. The van der Waals surface area contributed by atoms with Crippen molar-refractivity contribution >= 4 is 0 Å². The lowest BCUT2D eigenvalue weighted by Gasteiger charge is -2.55. The number of methoxy groups -OCH3 is 1. The molecule has 134 valence electrons. The lowest BCUT2D eigenvalue weighted by molar-refractivity contribution is -0.170. The van der Waals surface area contributed by atoms with Crippen LogP contribution in [0.2, 0.25) is 0 Å². The van der Waals surface area contributed by atoms with Gasteiger partial charge in [-0.05, 0) is 42.2 Å². The van der Waals surface area contributed by atoms with Crippen LogP contribution in [0.1, 0.15) is 36.1 Å². The highest BCUT2D eigenvalue weighted by Gasteiger charge is 2.53. The average molecular weight is 348 g/mol. The van der Waals surface area contributed by atoms with Gasteiger partial charge in [0.1, 0.15) is 17.4 Å². The zero-order valence-electron chi connectivity index (χ0n) is 15.1. The van der Waals surface area contributed by atoms with E-state index >= 15 is 0 Å². The molecule has 1 aliphatic heterocycles. The first-order valence-electron chi connectivity index (χ1n) is 9.29. The van der Waals surface area contributed by atoms with Crippen LogP contribution in [0.15, 0.2) is 42.9 Å². The normalized spacial score (nSPS) is 28.5. The molecule has 0 aromatic carbocycles. The van der Waals surface area contributed by atoms with E-state index < -0.39 is 0 Å². The van der Waals surface area contributed by atoms with Crippen molar-refractivity contribution in [1.29, 1.82) is 5.26 Å². The maximum absolute atomic E-state index is 9.26. The third-order valence-electron chi connectivity index (χ3n) is 6.07. The summed E-state index contributed by atoms with van der Waals surface area (Å²) in [5.41, 5.74) is 2.53. The Morgan fingerprint density at radius 2 is 2.08 bits per heavy atom. The molecule has 0 radical (unpaired) electrons. The SMILES string of the molecule is COC1(c2ccnc(C#N)c2)[C@@H]2CCC[C@H]1CN(Cc1cccnc1)C2. The highest BCUT2D eigenvalue weighted by Crippen LogP contribution is 2.51. The first-order valence-corrected chi connectivity index (χ1v) is 9.29. The smallest absolute Gasteiger partial charge is 0.140 e. The van der Waals surface area contributed by atoms with Gasteiger partial charge in [0.15, 0.2) is 0 Å². The van der Waals surface area contributed by atoms with Gasteiger partial charge in [-0.15, -0.1) is 0 Å². The lowest BCUT2D eigenvalue weighted by Crippen LogP contribution is -2.58. The fraction of sp³-hybridized carbons (Fsp3) is 0.476. The van der Waals surface area contributed by atoms with Crippen LogP contribution in [-0.2, 0) is 16.9 Å². The summed E-state index contributed by atoms with van der Waals surface area (Å²) in [5.74, 6) is 0.844. The first kappa shape index (κ1) is 17.1. The summed E-state index contributed by atoms with van der Waals surface area (Å²) < 4.78 is 6.25. The van der Waals surface area contributed by atoms with E-state index in [1.54, 1.807) is 6.20 Å². The molecule has 1 saturated heterocycles. The molecule has 0 N–H and O–H groups in total. The summed E-state index contributed by atoms with van der Waals surface area (Å²) in [6, 6.07) is 10.3. The molecule has 5 nitrogen and oxygen atoms in total. The van der Waals surface area contributed by atoms with E-state index in [0.717, 1.165) is 38.0 Å². The highest BCUT2D eigenvalue weighted by atomic mass is 16.5. The largest absolute Gasteiger partial charge is 0.373 e. The molecule has 4 rings (SSSR count). The minimum absolute atomic E-state index is 0.307. The predicted octanol–water partition coefficient (Wildman–Crippen LogP) is 3.12.